The largest absolute Gasteiger partial charge is 0.395 e. The highest BCUT2D eigenvalue weighted by Gasteiger charge is 2.23. The molecule has 1 aromatic carbocycles. The van der Waals surface area contributed by atoms with E-state index in [9.17, 15) is 9.90 Å². The van der Waals surface area contributed by atoms with Gasteiger partial charge in [0.2, 0.25) is 0 Å². The van der Waals surface area contributed by atoms with E-state index < -0.39 is 0 Å². The second-order valence-corrected chi connectivity index (χ2v) is 6.05. The standard InChI is InChI=1S/C15H19Cl2NO2/c16-11-5-6-13(14(17)8-11)15(20)9-18-7-3-1-2-4-12(18)10-19/h5-6,8,12,19H,1-4,7,9-10H2. The lowest BCUT2D eigenvalue weighted by Crippen LogP contribution is -2.40. The maximum Gasteiger partial charge on any atom is 0.178 e. The van der Waals surface area contributed by atoms with Crippen molar-refractivity contribution in [1.82, 2.24) is 4.90 Å². The molecule has 0 aliphatic carbocycles. The molecule has 1 atom stereocenters. The fourth-order valence-electron chi connectivity index (χ4n) is 2.64. The molecular formula is C15H19Cl2NO2. The summed E-state index contributed by atoms with van der Waals surface area (Å²) >= 11 is 11.9. The molecule has 1 aliphatic heterocycles. The predicted octanol–water partition coefficient (Wildman–Crippen LogP) is 3.41. The molecule has 1 aromatic rings. The number of ketones is 1. The van der Waals surface area contributed by atoms with Gasteiger partial charge in [0.1, 0.15) is 0 Å². The molecule has 0 radical (unpaired) electrons. The Morgan fingerprint density at radius 2 is 2.10 bits per heavy atom. The highest BCUT2D eigenvalue weighted by Crippen LogP contribution is 2.23. The number of Topliss-reactive ketones (excluding diaryl/α,β-unsaturated/α-hetero) is 1. The molecule has 1 saturated heterocycles. The van der Waals surface area contributed by atoms with Crippen molar-refractivity contribution in [1.29, 1.82) is 0 Å². The Morgan fingerprint density at radius 3 is 2.80 bits per heavy atom. The number of aliphatic hydroxyl groups is 1. The fraction of sp³-hybridized carbons (Fsp3) is 0.533. The molecule has 0 bridgehead atoms. The molecule has 110 valence electrons. The average molecular weight is 316 g/mol. The van der Waals surface area contributed by atoms with Gasteiger partial charge in [-0.05, 0) is 37.6 Å². The zero-order chi connectivity index (χ0) is 14.5. The zero-order valence-electron chi connectivity index (χ0n) is 11.3. The Morgan fingerprint density at radius 1 is 1.30 bits per heavy atom. The Labute approximate surface area is 129 Å². The molecule has 20 heavy (non-hydrogen) atoms. The summed E-state index contributed by atoms with van der Waals surface area (Å²) < 4.78 is 0. The number of carbonyl (C=O) groups is 1. The van der Waals surface area contributed by atoms with Crippen LogP contribution >= 0.6 is 23.2 Å². The highest BCUT2D eigenvalue weighted by atomic mass is 35.5. The van der Waals surface area contributed by atoms with E-state index in [0.29, 0.717) is 22.2 Å². The first-order valence-electron chi connectivity index (χ1n) is 6.95. The number of likely N-dealkylation sites (tertiary alicyclic amines) is 1. The smallest absolute Gasteiger partial charge is 0.178 e. The summed E-state index contributed by atoms with van der Waals surface area (Å²) in [6, 6.07) is 5.00. The number of aliphatic hydroxyl groups excluding tert-OH is 1. The van der Waals surface area contributed by atoms with E-state index in [1.807, 2.05) is 0 Å². The van der Waals surface area contributed by atoms with Gasteiger partial charge < -0.3 is 5.11 Å². The lowest BCUT2D eigenvalue weighted by molar-refractivity contribution is 0.0826. The molecule has 1 unspecified atom stereocenters. The van der Waals surface area contributed by atoms with Crippen molar-refractivity contribution in [2.24, 2.45) is 0 Å². The number of hydrogen-bond acceptors (Lipinski definition) is 3. The van der Waals surface area contributed by atoms with Crippen molar-refractivity contribution < 1.29 is 9.90 Å². The van der Waals surface area contributed by atoms with Gasteiger partial charge in [-0.3, -0.25) is 9.69 Å². The first-order chi connectivity index (χ1) is 9.61. The third-order valence-corrected chi connectivity index (χ3v) is 4.34. The molecule has 1 aliphatic rings. The molecule has 0 spiro atoms. The summed E-state index contributed by atoms with van der Waals surface area (Å²) in [6.07, 6.45) is 4.27. The summed E-state index contributed by atoms with van der Waals surface area (Å²) in [4.78, 5) is 14.4. The maximum atomic E-state index is 12.4. The van der Waals surface area contributed by atoms with Gasteiger partial charge in [0.05, 0.1) is 18.2 Å². The second kappa shape index (κ2) is 7.41. The molecule has 0 aromatic heterocycles. The molecule has 1 N–H and O–H groups in total. The minimum absolute atomic E-state index is 0.0213. The molecule has 5 heteroatoms. The first-order valence-corrected chi connectivity index (χ1v) is 7.70. The van der Waals surface area contributed by atoms with Crippen molar-refractivity contribution in [3.8, 4) is 0 Å². The SMILES string of the molecule is O=C(CN1CCCCCC1CO)c1ccc(Cl)cc1Cl. The lowest BCUT2D eigenvalue weighted by atomic mass is 10.1. The number of nitrogens with zero attached hydrogens (tertiary/aromatic N) is 1. The number of carbonyl (C=O) groups excluding carboxylic acids is 1. The van der Waals surface area contributed by atoms with Crippen LogP contribution in [0.5, 0.6) is 0 Å². The van der Waals surface area contributed by atoms with Gasteiger partial charge in [-0.1, -0.05) is 36.0 Å². The third-order valence-electron chi connectivity index (χ3n) is 3.79. The van der Waals surface area contributed by atoms with Crippen molar-refractivity contribution in [3.05, 3.63) is 33.8 Å². The van der Waals surface area contributed by atoms with Gasteiger partial charge in [-0.2, -0.15) is 0 Å². The van der Waals surface area contributed by atoms with E-state index in [-0.39, 0.29) is 18.4 Å². The van der Waals surface area contributed by atoms with Crippen LogP contribution in [-0.2, 0) is 0 Å². The first kappa shape index (κ1) is 15.8. The molecule has 0 amide bonds. The van der Waals surface area contributed by atoms with E-state index in [0.717, 1.165) is 32.2 Å². The Hall–Kier alpha value is -0.610. The van der Waals surface area contributed by atoms with Crippen LogP contribution in [0.3, 0.4) is 0 Å². The summed E-state index contributed by atoms with van der Waals surface area (Å²) in [5, 5.41) is 10.4. The van der Waals surface area contributed by atoms with E-state index in [4.69, 9.17) is 23.2 Å². The van der Waals surface area contributed by atoms with Crippen molar-refractivity contribution in [2.45, 2.75) is 31.7 Å². The fourth-order valence-corrected chi connectivity index (χ4v) is 3.15. The van der Waals surface area contributed by atoms with Crippen LogP contribution in [0.1, 0.15) is 36.0 Å². The van der Waals surface area contributed by atoms with Crippen LogP contribution in [-0.4, -0.2) is 41.5 Å². The van der Waals surface area contributed by atoms with Gasteiger partial charge in [-0.25, -0.2) is 0 Å². The van der Waals surface area contributed by atoms with E-state index in [1.54, 1.807) is 18.2 Å². The Balaban J connectivity index is 2.09. The highest BCUT2D eigenvalue weighted by molar-refractivity contribution is 6.36. The van der Waals surface area contributed by atoms with E-state index >= 15 is 0 Å². The van der Waals surface area contributed by atoms with Crippen LogP contribution in [0, 0.1) is 0 Å². The van der Waals surface area contributed by atoms with Gasteiger partial charge >= 0.3 is 0 Å². The Kier molecular flexibility index (Phi) is 5.85. The monoisotopic (exact) mass is 315 g/mol. The zero-order valence-corrected chi connectivity index (χ0v) is 12.8. The summed E-state index contributed by atoms with van der Waals surface area (Å²) in [5.74, 6) is -0.0213. The van der Waals surface area contributed by atoms with Gasteiger partial charge in [0.15, 0.2) is 5.78 Å². The normalized spacial score (nSPS) is 20.6. The van der Waals surface area contributed by atoms with Crippen LogP contribution in [0.15, 0.2) is 18.2 Å². The average Bonchev–Trinajstić information content (AvgIpc) is 2.63. The lowest BCUT2D eigenvalue weighted by Gasteiger charge is -2.27. The Bertz CT molecular complexity index is 479. The van der Waals surface area contributed by atoms with Crippen LogP contribution in [0.2, 0.25) is 10.0 Å². The quantitative estimate of drug-likeness (QED) is 0.866. The third kappa shape index (κ3) is 3.95. The van der Waals surface area contributed by atoms with Gasteiger partial charge in [0, 0.05) is 16.6 Å². The van der Waals surface area contributed by atoms with Gasteiger partial charge in [-0.15, -0.1) is 0 Å². The molecule has 0 saturated carbocycles. The maximum absolute atomic E-state index is 12.4. The van der Waals surface area contributed by atoms with Crippen molar-refractivity contribution in [2.75, 3.05) is 19.7 Å². The molecule has 1 fully saturated rings. The van der Waals surface area contributed by atoms with Crippen molar-refractivity contribution >= 4 is 29.0 Å². The summed E-state index contributed by atoms with van der Waals surface area (Å²) in [7, 11) is 0. The van der Waals surface area contributed by atoms with E-state index in [2.05, 4.69) is 4.90 Å². The summed E-state index contributed by atoms with van der Waals surface area (Å²) in [5.41, 5.74) is 0.497. The minimum Gasteiger partial charge on any atom is -0.395 e. The number of hydrogen-bond donors (Lipinski definition) is 1. The number of rotatable bonds is 4. The minimum atomic E-state index is -0.0213. The van der Waals surface area contributed by atoms with Crippen LogP contribution < -0.4 is 0 Å². The predicted molar refractivity (Wildman–Crippen MR) is 81.7 cm³/mol. The second-order valence-electron chi connectivity index (χ2n) is 5.20. The topological polar surface area (TPSA) is 40.5 Å². The van der Waals surface area contributed by atoms with Crippen LogP contribution in [0.4, 0.5) is 0 Å². The van der Waals surface area contributed by atoms with Crippen molar-refractivity contribution in [3.63, 3.8) is 0 Å². The molecule has 3 nitrogen and oxygen atoms in total. The number of halogens is 2. The molecule has 2 rings (SSSR count). The summed E-state index contributed by atoms with van der Waals surface area (Å²) in [6.45, 7) is 1.25. The number of benzene rings is 1. The molecular weight excluding hydrogens is 297 g/mol. The van der Waals surface area contributed by atoms with Gasteiger partial charge in [0.25, 0.3) is 0 Å². The van der Waals surface area contributed by atoms with Crippen LogP contribution in [0.25, 0.3) is 0 Å². The van der Waals surface area contributed by atoms with E-state index in [1.165, 1.54) is 0 Å². The molecule has 1 heterocycles.